The van der Waals surface area contributed by atoms with Crippen molar-refractivity contribution in [1.82, 2.24) is 0 Å². The Hall–Kier alpha value is -1.19. The highest BCUT2D eigenvalue weighted by molar-refractivity contribution is 5.75. The first kappa shape index (κ1) is 21.8. The maximum absolute atomic E-state index is 11.0. The second kappa shape index (κ2) is 15.7. The van der Waals surface area contributed by atoms with E-state index in [1.54, 1.807) is 6.92 Å². The first-order valence-corrected chi connectivity index (χ1v) is 9.40. The van der Waals surface area contributed by atoms with Crippen molar-refractivity contribution in [1.29, 1.82) is 0 Å². The molecule has 0 spiro atoms. The summed E-state index contributed by atoms with van der Waals surface area (Å²) in [7, 11) is 0. The van der Waals surface area contributed by atoms with Crippen LogP contribution in [0.15, 0.2) is 11.8 Å². The molecule has 4 nitrogen and oxygen atoms in total. The normalized spacial score (nSPS) is 11.7. The maximum atomic E-state index is 11.0. The van der Waals surface area contributed by atoms with Crippen LogP contribution in [0.25, 0.3) is 0 Å². The predicted molar refractivity (Wildman–Crippen MR) is 96.1 cm³/mol. The van der Waals surface area contributed by atoms with E-state index in [0.29, 0.717) is 18.5 Å². The number of hydrogen-bond donors (Lipinski definition) is 0. The highest BCUT2D eigenvalue weighted by atomic mass is 16.6. The quantitative estimate of drug-likeness (QED) is 0.192. The van der Waals surface area contributed by atoms with Crippen LogP contribution < -0.4 is 0 Å². The smallest absolute Gasteiger partial charge is 0.242 e. The Kier molecular flexibility index (Phi) is 14.9. The molecule has 0 aromatic rings. The fourth-order valence-corrected chi connectivity index (χ4v) is 2.67. The number of nitro groups is 1. The molecule has 0 amide bonds. The molecule has 0 N–H and O–H groups in total. The number of nitrogens with zero attached hydrogens (tertiary/aromatic N) is 1. The van der Waals surface area contributed by atoms with Crippen LogP contribution >= 0.6 is 0 Å². The van der Waals surface area contributed by atoms with E-state index in [9.17, 15) is 14.9 Å². The summed E-state index contributed by atoms with van der Waals surface area (Å²) < 4.78 is 0. The molecule has 0 unspecified atom stereocenters. The molecule has 23 heavy (non-hydrogen) atoms. The van der Waals surface area contributed by atoms with Gasteiger partial charge in [0.15, 0.2) is 0 Å². The van der Waals surface area contributed by atoms with E-state index in [0.717, 1.165) is 51.4 Å². The lowest BCUT2D eigenvalue weighted by Crippen LogP contribution is -1.99. The lowest BCUT2D eigenvalue weighted by Gasteiger charge is -2.01. The average molecular weight is 325 g/mol. The number of ketones is 1. The van der Waals surface area contributed by atoms with E-state index in [4.69, 9.17) is 0 Å². The molecular formula is C19H35NO3. The molecule has 0 aliphatic rings. The van der Waals surface area contributed by atoms with Gasteiger partial charge in [0.1, 0.15) is 5.78 Å². The molecule has 0 rings (SSSR count). The molecule has 0 aliphatic carbocycles. The first-order valence-electron chi connectivity index (χ1n) is 9.40. The highest BCUT2D eigenvalue weighted by Gasteiger charge is 2.09. The Bertz CT molecular complexity index is 351. The van der Waals surface area contributed by atoms with Crippen LogP contribution in [0.4, 0.5) is 0 Å². The third kappa shape index (κ3) is 15.5. The number of carbonyl (C=O) groups excluding carboxylic acids is 1. The van der Waals surface area contributed by atoms with Crippen LogP contribution in [-0.4, -0.2) is 10.7 Å². The molecule has 0 aromatic heterocycles. The minimum absolute atomic E-state index is 0.209. The molecule has 0 saturated carbocycles. The van der Waals surface area contributed by atoms with Crippen molar-refractivity contribution >= 4 is 5.78 Å². The Morgan fingerprint density at radius 1 is 0.870 bits per heavy atom. The molecule has 0 heterocycles. The zero-order valence-electron chi connectivity index (χ0n) is 15.1. The number of hydrogen-bond acceptors (Lipinski definition) is 3. The van der Waals surface area contributed by atoms with Gasteiger partial charge in [0.2, 0.25) is 5.70 Å². The zero-order chi connectivity index (χ0) is 17.3. The van der Waals surface area contributed by atoms with E-state index < -0.39 is 0 Å². The van der Waals surface area contributed by atoms with Crippen LogP contribution in [0.3, 0.4) is 0 Å². The van der Waals surface area contributed by atoms with Gasteiger partial charge in [-0.1, -0.05) is 58.3 Å². The average Bonchev–Trinajstić information content (AvgIpc) is 2.50. The largest absolute Gasteiger partial charge is 0.300 e. The molecule has 134 valence electrons. The first-order chi connectivity index (χ1) is 11.1. The van der Waals surface area contributed by atoms with Crippen LogP contribution in [-0.2, 0) is 4.79 Å². The van der Waals surface area contributed by atoms with Gasteiger partial charge in [-0.2, -0.15) is 0 Å². The van der Waals surface area contributed by atoms with Crippen molar-refractivity contribution in [3.05, 3.63) is 21.9 Å². The van der Waals surface area contributed by atoms with Crippen LogP contribution in [0.1, 0.15) is 104 Å². The minimum atomic E-state index is -0.209. The second-order valence-corrected chi connectivity index (χ2v) is 6.48. The summed E-state index contributed by atoms with van der Waals surface area (Å²) in [6.07, 6.45) is 16.2. The molecule has 4 heteroatoms. The summed E-state index contributed by atoms with van der Waals surface area (Å²) in [4.78, 5) is 21.6. The van der Waals surface area contributed by atoms with Crippen LogP contribution in [0, 0.1) is 10.1 Å². The summed E-state index contributed by atoms with van der Waals surface area (Å²) >= 11 is 0. The van der Waals surface area contributed by atoms with Gasteiger partial charge < -0.3 is 4.79 Å². The Balaban J connectivity index is 3.69. The maximum Gasteiger partial charge on any atom is 0.242 e. The van der Waals surface area contributed by atoms with Gasteiger partial charge >= 0.3 is 0 Å². The van der Waals surface area contributed by atoms with E-state index in [-0.39, 0.29) is 10.7 Å². The summed E-state index contributed by atoms with van der Waals surface area (Å²) in [5.41, 5.74) is 0.400. The lowest BCUT2D eigenvalue weighted by atomic mass is 10.1. The van der Waals surface area contributed by atoms with Crippen molar-refractivity contribution < 1.29 is 9.72 Å². The third-order valence-electron chi connectivity index (χ3n) is 4.13. The number of rotatable bonds is 16. The minimum Gasteiger partial charge on any atom is -0.300 e. The van der Waals surface area contributed by atoms with Crippen molar-refractivity contribution in [2.75, 3.05) is 0 Å². The molecule has 0 aliphatic heterocycles. The van der Waals surface area contributed by atoms with Gasteiger partial charge in [0.05, 0.1) is 4.92 Å². The fourth-order valence-electron chi connectivity index (χ4n) is 2.67. The van der Waals surface area contributed by atoms with Crippen LogP contribution in [0.5, 0.6) is 0 Å². The summed E-state index contributed by atoms with van der Waals surface area (Å²) in [6, 6.07) is 0. The van der Waals surface area contributed by atoms with Gasteiger partial charge in [-0.05, 0) is 38.7 Å². The fraction of sp³-hybridized carbons (Fsp3) is 0.842. The SMILES string of the molecule is CCCCCCCC/C(=C/CCCCCCCC(C)=O)[N+](=O)[O-]. The summed E-state index contributed by atoms with van der Waals surface area (Å²) in [5.74, 6) is 0.262. The van der Waals surface area contributed by atoms with Gasteiger partial charge in [-0.3, -0.25) is 10.1 Å². The van der Waals surface area contributed by atoms with Crippen LogP contribution in [0.2, 0.25) is 0 Å². The molecular weight excluding hydrogens is 290 g/mol. The van der Waals surface area contributed by atoms with Gasteiger partial charge in [-0.15, -0.1) is 0 Å². The molecule has 0 atom stereocenters. The lowest BCUT2D eigenvalue weighted by molar-refractivity contribution is -0.428. The predicted octanol–water partition coefficient (Wildman–Crippen LogP) is 6.22. The van der Waals surface area contributed by atoms with E-state index in [1.807, 2.05) is 6.08 Å². The van der Waals surface area contributed by atoms with E-state index in [2.05, 4.69) is 6.92 Å². The standard InChI is InChI=1S/C19H35NO3/c1-3-4-5-6-10-13-16-19(20(22)23)17-14-11-8-7-9-12-15-18(2)21/h17H,3-16H2,1-2H3/b19-17-. The van der Waals surface area contributed by atoms with Gasteiger partial charge in [-0.25, -0.2) is 0 Å². The summed E-state index contributed by atoms with van der Waals surface area (Å²) in [6.45, 7) is 3.82. The van der Waals surface area contributed by atoms with Gasteiger partial charge in [0, 0.05) is 12.8 Å². The summed E-state index contributed by atoms with van der Waals surface area (Å²) in [5, 5.41) is 11.0. The Morgan fingerprint density at radius 3 is 1.96 bits per heavy atom. The molecule has 0 fully saturated rings. The Labute approximate surface area is 141 Å². The molecule has 0 aromatic carbocycles. The van der Waals surface area contributed by atoms with Crippen molar-refractivity contribution in [2.45, 2.75) is 104 Å². The third-order valence-corrected chi connectivity index (χ3v) is 4.13. The number of allylic oxidation sites excluding steroid dienone is 2. The van der Waals surface area contributed by atoms with E-state index >= 15 is 0 Å². The zero-order valence-corrected chi connectivity index (χ0v) is 15.1. The molecule has 0 radical (unpaired) electrons. The van der Waals surface area contributed by atoms with Crippen molar-refractivity contribution in [3.63, 3.8) is 0 Å². The highest BCUT2D eigenvalue weighted by Crippen LogP contribution is 2.14. The Morgan fingerprint density at radius 2 is 1.39 bits per heavy atom. The topological polar surface area (TPSA) is 60.2 Å². The molecule has 0 bridgehead atoms. The number of carbonyl (C=O) groups is 1. The number of Topliss-reactive ketones (excluding diaryl/α,β-unsaturated/α-hetero) is 1. The van der Waals surface area contributed by atoms with E-state index in [1.165, 1.54) is 25.7 Å². The number of unbranched alkanes of at least 4 members (excludes halogenated alkanes) is 10. The monoisotopic (exact) mass is 325 g/mol. The van der Waals surface area contributed by atoms with Crippen molar-refractivity contribution in [3.8, 4) is 0 Å². The van der Waals surface area contributed by atoms with Crippen molar-refractivity contribution in [2.24, 2.45) is 0 Å². The van der Waals surface area contributed by atoms with Gasteiger partial charge in [0.25, 0.3) is 0 Å². The molecule has 0 saturated heterocycles. The second-order valence-electron chi connectivity index (χ2n) is 6.48.